The highest BCUT2D eigenvalue weighted by Gasteiger charge is 2.47. The summed E-state index contributed by atoms with van der Waals surface area (Å²) < 4.78 is 0. The number of aliphatic hydroxyl groups is 5. The summed E-state index contributed by atoms with van der Waals surface area (Å²) in [4.78, 5) is 21.4. The molecule has 1 aliphatic rings. The zero-order valence-corrected chi connectivity index (χ0v) is 14.5. The molecule has 0 amide bonds. The van der Waals surface area contributed by atoms with E-state index in [-0.39, 0.29) is 13.1 Å². The van der Waals surface area contributed by atoms with E-state index < -0.39 is 67.6 Å². The molecule has 11 nitrogen and oxygen atoms in total. The number of nitrogens with one attached hydrogen (secondary N) is 3. The number of aldehydes is 1. The third-order valence-corrected chi connectivity index (χ3v) is 4.72. The zero-order chi connectivity index (χ0) is 19.9. The number of carbonyl (C=O) groups excluding carboxylic acids is 1. The Morgan fingerprint density at radius 2 is 1.62 bits per heavy atom. The molecule has 0 aromatic heterocycles. The highest BCUT2D eigenvalue weighted by atomic mass is 16.4. The summed E-state index contributed by atoms with van der Waals surface area (Å²) in [7, 11) is 0. The van der Waals surface area contributed by atoms with E-state index in [0.29, 0.717) is 6.29 Å². The molecule has 0 saturated heterocycles. The van der Waals surface area contributed by atoms with Crippen molar-refractivity contribution >= 4 is 12.3 Å². The second-order valence-corrected chi connectivity index (χ2v) is 6.49. The van der Waals surface area contributed by atoms with Crippen LogP contribution in [-0.4, -0.2) is 112 Å². The predicted octanol–water partition coefficient (Wildman–Crippen LogP) is -4.77. The first-order valence-electron chi connectivity index (χ1n) is 8.43. The van der Waals surface area contributed by atoms with Crippen LogP contribution < -0.4 is 16.0 Å². The van der Waals surface area contributed by atoms with Gasteiger partial charge in [0.25, 0.3) is 0 Å². The zero-order valence-electron chi connectivity index (χ0n) is 14.5. The van der Waals surface area contributed by atoms with Gasteiger partial charge in [-0.05, 0) is 5.92 Å². The lowest BCUT2D eigenvalue weighted by atomic mass is 9.74. The van der Waals surface area contributed by atoms with Crippen LogP contribution in [0.3, 0.4) is 0 Å². The molecule has 0 bridgehead atoms. The molecule has 0 aromatic carbocycles. The van der Waals surface area contributed by atoms with E-state index in [4.69, 9.17) is 10.2 Å². The van der Waals surface area contributed by atoms with Gasteiger partial charge in [-0.2, -0.15) is 0 Å². The van der Waals surface area contributed by atoms with E-state index in [0.717, 1.165) is 0 Å². The minimum atomic E-state index is -1.35. The summed E-state index contributed by atoms with van der Waals surface area (Å²) in [5.41, 5.74) is 0. The molecule has 0 unspecified atom stereocenters. The smallest absolute Gasteiger partial charge is 0.317 e. The highest BCUT2D eigenvalue weighted by Crippen LogP contribution is 2.26. The first-order chi connectivity index (χ1) is 12.2. The number of carboxylic acid groups (broad SMARTS) is 1. The SMILES string of the molecule is C[C@H]1[C@@H](NCC=O)[C@@H](O)[C@@H](NCC(=O)O)[C@@H](O)[C@H]1NC[C@H](O)[C@H](O)CO. The van der Waals surface area contributed by atoms with Crippen LogP contribution in [-0.2, 0) is 9.59 Å². The Morgan fingerprint density at radius 1 is 1.04 bits per heavy atom. The monoisotopic (exact) mass is 379 g/mol. The molecule has 9 N–H and O–H groups in total. The molecule has 8 atom stereocenters. The van der Waals surface area contributed by atoms with Crippen molar-refractivity contribution in [2.45, 2.75) is 49.5 Å². The van der Waals surface area contributed by atoms with Crippen molar-refractivity contribution in [2.75, 3.05) is 26.2 Å². The second kappa shape index (κ2) is 10.8. The van der Waals surface area contributed by atoms with Crippen molar-refractivity contribution in [3.8, 4) is 0 Å². The van der Waals surface area contributed by atoms with Gasteiger partial charge < -0.3 is 46.1 Å². The van der Waals surface area contributed by atoms with Gasteiger partial charge in [0.15, 0.2) is 0 Å². The molecular weight excluding hydrogens is 350 g/mol. The number of aliphatic hydroxyl groups excluding tert-OH is 5. The van der Waals surface area contributed by atoms with E-state index in [1.54, 1.807) is 6.92 Å². The molecular formula is C15H29N3O8. The fraction of sp³-hybridized carbons (Fsp3) is 0.867. The first-order valence-corrected chi connectivity index (χ1v) is 8.43. The van der Waals surface area contributed by atoms with Gasteiger partial charge in [0.05, 0.1) is 44.1 Å². The molecule has 0 heterocycles. The summed E-state index contributed by atoms with van der Waals surface area (Å²) in [6.07, 6.45) is -4.38. The summed E-state index contributed by atoms with van der Waals surface area (Å²) in [5.74, 6) is -1.56. The fourth-order valence-corrected chi connectivity index (χ4v) is 3.25. The number of hydrogen-bond acceptors (Lipinski definition) is 10. The van der Waals surface area contributed by atoms with Crippen LogP contribution in [0.4, 0.5) is 0 Å². The van der Waals surface area contributed by atoms with E-state index in [1.807, 2.05) is 0 Å². The fourth-order valence-electron chi connectivity index (χ4n) is 3.25. The molecule has 1 fully saturated rings. The third-order valence-electron chi connectivity index (χ3n) is 4.72. The van der Waals surface area contributed by atoms with Crippen molar-refractivity contribution in [3.05, 3.63) is 0 Å². The highest BCUT2D eigenvalue weighted by molar-refractivity contribution is 5.69. The molecule has 0 radical (unpaired) electrons. The van der Waals surface area contributed by atoms with Crippen molar-refractivity contribution in [1.29, 1.82) is 0 Å². The maximum atomic E-state index is 10.8. The molecule has 152 valence electrons. The van der Waals surface area contributed by atoms with Crippen LogP contribution in [0.1, 0.15) is 6.92 Å². The van der Waals surface area contributed by atoms with Crippen molar-refractivity contribution < 1.29 is 40.2 Å². The number of carbonyl (C=O) groups is 2. The van der Waals surface area contributed by atoms with Gasteiger partial charge in [0.2, 0.25) is 0 Å². The normalized spacial score (nSPS) is 34.2. The quantitative estimate of drug-likeness (QED) is 0.157. The van der Waals surface area contributed by atoms with Crippen molar-refractivity contribution in [3.63, 3.8) is 0 Å². The first kappa shape index (κ1) is 22.9. The average molecular weight is 379 g/mol. The Hall–Kier alpha value is -1.18. The molecule has 11 heteroatoms. The van der Waals surface area contributed by atoms with Crippen LogP contribution >= 0.6 is 0 Å². The predicted molar refractivity (Wildman–Crippen MR) is 89.3 cm³/mol. The lowest BCUT2D eigenvalue weighted by Crippen LogP contribution is -2.71. The van der Waals surface area contributed by atoms with Gasteiger partial charge in [-0.25, -0.2) is 0 Å². The molecule has 26 heavy (non-hydrogen) atoms. The van der Waals surface area contributed by atoms with Crippen LogP contribution in [0.2, 0.25) is 0 Å². The van der Waals surface area contributed by atoms with E-state index in [1.165, 1.54) is 0 Å². The van der Waals surface area contributed by atoms with Crippen LogP contribution in [0, 0.1) is 5.92 Å². The van der Waals surface area contributed by atoms with Crippen molar-refractivity contribution in [2.24, 2.45) is 5.92 Å². The minimum Gasteiger partial charge on any atom is -0.480 e. The Morgan fingerprint density at radius 3 is 2.12 bits per heavy atom. The molecule has 0 aliphatic heterocycles. The molecule has 1 aliphatic carbocycles. The maximum absolute atomic E-state index is 10.8. The van der Waals surface area contributed by atoms with Gasteiger partial charge in [0.1, 0.15) is 12.4 Å². The van der Waals surface area contributed by atoms with Gasteiger partial charge in [-0.1, -0.05) is 6.92 Å². The standard InChI is InChI=1S/C15H29N3O8/c1-7-11(16-2-3-19)14(25)13(18-5-10(23)24)15(26)12(7)17-4-8(21)9(22)6-20/h3,7-9,11-18,20-22,25-26H,2,4-6H2,1H3,(H,23,24)/t7-,8-,9+,11+,12-,13+,14+,15-/m0/s1. The summed E-state index contributed by atoms with van der Waals surface area (Å²) in [6.45, 7) is 0.431. The van der Waals surface area contributed by atoms with Gasteiger partial charge in [0, 0.05) is 18.6 Å². The van der Waals surface area contributed by atoms with Crippen LogP contribution in [0.15, 0.2) is 0 Å². The Bertz CT molecular complexity index is 455. The molecule has 0 spiro atoms. The van der Waals surface area contributed by atoms with Crippen molar-refractivity contribution in [1.82, 2.24) is 16.0 Å². The Kier molecular flexibility index (Phi) is 9.54. The number of carboxylic acids is 1. The number of rotatable bonds is 11. The number of aliphatic carboxylic acids is 1. The van der Waals surface area contributed by atoms with Gasteiger partial charge in [-0.15, -0.1) is 0 Å². The Balaban J connectivity index is 2.89. The van der Waals surface area contributed by atoms with Gasteiger partial charge >= 0.3 is 5.97 Å². The summed E-state index contributed by atoms with van der Waals surface area (Å²) >= 11 is 0. The van der Waals surface area contributed by atoms with E-state index in [9.17, 15) is 30.0 Å². The average Bonchev–Trinajstić information content (AvgIpc) is 2.60. The van der Waals surface area contributed by atoms with Crippen LogP contribution in [0.25, 0.3) is 0 Å². The summed E-state index contributed by atoms with van der Waals surface area (Å²) in [6, 6.07) is -2.31. The third kappa shape index (κ3) is 5.93. The second-order valence-electron chi connectivity index (χ2n) is 6.49. The van der Waals surface area contributed by atoms with E-state index >= 15 is 0 Å². The maximum Gasteiger partial charge on any atom is 0.317 e. The molecule has 1 rings (SSSR count). The van der Waals surface area contributed by atoms with E-state index in [2.05, 4.69) is 16.0 Å². The largest absolute Gasteiger partial charge is 0.480 e. The van der Waals surface area contributed by atoms with Crippen LogP contribution in [0.5, 0.6) is 0 Å². The Labute approximate surface area is 151 Å². The topological polar surface area (TPSA) is 192 Å². The minimum absolute atomic E-state index is 0.0353. The molecule has 1 saturated carbocycles. The number of hydrogen-bond donors (Lipinski definition) is 9. The lowest BCUT2D eigenvalue weighted by molar-refractivity contribution is -0.137. The molecule has 0 aromatic rings. The lowest BCUT2D eigenvalue weighted by Gasteiger charge is -2.48. The van der Waals surface area contributed by atoms with Gasteiger partial charge in [-0.3, -0.25) is 10.1 Å². The summed E-state index contributed by atoms with van der Waals surface area (Å²) in [5, 5.41) is 66.2.